The van der Waals surface area contributed by atoms with Crippen LogP contribution in [0, 0.1) is 29.6 Å². The summed E-state index contributed by atoms with van der Waals surface area (Å²) in [5, 5.41) is 4.77. The van der Waals surface area contributed by atoms with E-state index in [0.29, 0.717) is 5.92 Å². The molecule has 0 radical (unpaired) electrons. The number of benzene rings is 1. The van der Waals surface area contributed by atoms with Gasteiger partial charge in [0.15, 0.2) is 5.11 Å². The Morgan fingerprint density at radius 1 is 1.21 bits per heavy atom. The van der Waals surface area contributed by atoms with E-state index in [2.05, 4.69) is 34.8 Å². The molecule has 0 aromatic heterocycles. The molecule has 5 rings (SSSR count). The number of hydrazone groups is 1. The summed E-state index contributed by atoms with van der Waals surface area (Å²) in [4.78, 5) is 0. The molecule has 4 aliphatic rings. The first kappa shape index (κ1) is 11.4. The summed E-state index contributed by atoms with van der Waals surface area (Å²) in [5.41, 5.74) is 10.7. The third-order valence-corrected chi connectivity index (χ3v) is 5.23. The molecule has 3 N–H and O–H groups in total. The molecule has 4 heteroatoms. The SMILES string of the molecule is NC(=S)N/N=C(\c1ccccc1)[C@H]1C2C[C@H]3C1[C@@H]3C2. The molecule has 3 atom stereocenters. The minimum atomic E-state index is 0.242. The maximum atomic E-state index is 5.52. The zero-order valence-electron chi connectivity index (χ0n) is 10.6. The lowest BCUT2D eigenvalue weighted by molar-refractivity contribution is 0.523. The summed E-state index contributed by atoms with van der Waals surface area (Å²) in [7, 11) is 0. The van der Waals surface area contributed by atoms with Gasteiger partial charge < -0.3 is 5.73 Å². The van der Waals surface area contributed by atoms with Crippen LogP contribution in [0.3, 0.4) is 0 Å². The van der Waals surface area contributed by atoms with E-state index in [4.69, 9.17) is 18.0 Å². The van der Waals surface area contributed by atoms with Gasteiger partial charge in [0.1, 0.15) is 0 Å². The fraction of sp³-hybridized carbons (Fsp3) is 0.467. The Bertz CT molecular complexity index is 540. The molecule has 0 saturated heterocycles. The summed E-state index contributed by atoms with van der Waals surface area (Å²) in [6.45, 7) is 0. The molecule has 1 aromatic carbocycles. The molecule has 4 fully saturated rings. The summed E-state index contributed by atoms with van der Waals surface area (Å²) >= 11 is 4.88. The van der Waals surface area contributed by atoms with Crippen LogP contribution in [0.4, 0.5) is 0 Å². The van der Waals surface area contributed by atoms with Gasteiger partial charge in [-0.25, -0.2) is 0 Å². The first-order valence-electron chi connectivity index (χ1n) is 6.94. The number of hydrogen-bond donors (Lipinski definition) is 2. The third-order valence-electron chi connectivity index (χ3n) is 5.14. The van der Waals surface area contributed by atoms with Gasteiger partial charge in [-0.3, -0.25) is 5.43 Å². The van der Waals surface area contributed by atoms with E-state index >= 15 is 0 Å². The molecule has 0 heterocycles. The predicted molar refractivity (Wildman–Crippen MR) is 79.6 cm³/mol. The van der Waals surface area contributed by atoms with Gasteiger partial charge in [0.25, 0.3) is 0 Å². The van der Waals surface area contributed by atoms with Gasteiger partial charge in [-0.1, -0.05) is 30.3 Å². The lowest BCUT2D eigenvalue weighted by Gasteiger charge is -2.18. The largest absolute Gasteiger partial charge is 0.375 e. The van der Waals surface area contributed by atoms with Crippen LogP contribution in [-0.4, -0.2) is 10.8 Å². The Kier molecular flexibility index (Phi) is 2.42. The van der Waals surface area contributed by atoms with Crippen LogP contribution >= 0.6 is 12.2 Å². The Morgan fingerprint density at radius 3 is 2.42 bits per heavy atom. The van der Waals surface area contributed by atoms with Gasteiger partial charge in [0.2, 0.25) is 0 Å². The smallest absolute Gasteiger partial charge is 0.184 e. The van der Waals surface area contributed by atoms with Crippen molar-refractivity contribution in [2.24, 2.45) is 40.4 Å². The molecule has 0 unspecified atom stereocenters. The van der Waals surface area contributed by atoms with Crippen LogP contribution in [0.25, 0.3) is 0 Å². The van der Waals surface area contributed by atoms with E-state index in [9.17, 15) is 0 Å². The highest BCUT2D eigenvalue weighted by Gasteiger charge is 2.69. The number of hydrogen-bond acceptors (Lipinski definition) is 2. The highest BCUT2D eigenvalue weighted by molar-refractivity contribution is 7.80. The topological polar surface area (TPSA) is 50.4 Å². The van der Waals surface area contributed by atoms with E-state index in [1.807, 2.05) is 6.07 Å². The highest BCUT2D eigenvalue weighted by atomic mass is 32.1. The van der Waals surface area contributed by atoms with Crippen molar-refractivity contribution in [2.75, 3.05) is 0 Å². The van der Waals surface area contributed by atoms with Crippen molar-refractivity contribution in [3.63, 3.8) is 0 Å². The first-order valence-corrected chi connectivity index (χ1v) is 7.35. The summed E-state index contributed by atoms with van der Waals surface area (Å²) in [6.07, 6.45) is 2.80. The van der Waals surface area contributed by atoms with Crippen LogP contribution in [0.2, 0.25) is 0 Å². The molecular formula is C15H17N3S. The van der Waals surface area contributed by atoms with Gasteiger partial charge in [0.05, 0.1) is 5.71 Å². The predicted octanol–water partition coefficient (Wildman–Crippen LogP) is 2.13. The fourth-order valence-electron chi connectivity index (χ4n) is 4.54. The van der Waals surface area contributed by atoms with Crippen LogP contribution in [0.15, 0.2) is 35.4 Å². The average molecular weight is 271 g/mol. The average Bonchev–Trinajstić information content (AvgIpc) is 2.80. The van der Waals surface area contributed by atoms with Gasteiger partial charge in [-0.15, -0.1) is 0 Å². The van der Waals surface area contributed by atoms with Crippen LogP contribution in [-0.2, 0) is 0 Å². The molecule has 0 aliphatic heterocycles. The van der Waals surface area contributed by atoms with Crippen molar-refractivity contribution in [3.8, 4) is 0 Å². The number of nitrogens with two attached hydrogens (primary N) is 1. The summed E-state index contributed by atoms with van der Waals surface area (Å²) < 4.78 is 0. The van der Waals surface area contributed by atoms with Crippen molar-refractivity contribution < 1.29 is 0 Å². The molecule has 0 amide bonds. The van der Waals surface area contributed by atoms with E-state index in [-0.39, 0.29) is 5.11 Å². The van der Waals surface area contributed by atoms with Crippen molar-refractivity contribution >= 4 is 23.0 Å². The zero-order valence-corrected chi connectivity index (χ0v) is 11.4. The highest BCUT2D eigenvalue weighted by Crippen LogP contribution is 2.73. The molecule has 0 spiro atoms. The number of nitrogens with one attached hydrogen (secondary N) is 1. The maximum Gasteiger partial charge on any atom is 0.184 e. The molecule has 3 nitrogen and oxygen atoms in total. The standard InChI is InChI=1S/C15H17N3S/c16-15(19)18-17-14(8-4-2-1-3-5-8)12-9-6-10-11(7-9)13(10)12/h1-5,9-13H,6-7H2,(H3,16,18,19)/b17-14+/t9?,10-,11-,12+,13?/m1/s1. The Morgan fingerprint density at radius 2 is 1.89 bits per heavy atom. The summed E-state index contributed by atoms with van der Waals surface area (Å²) in [6, 6.07) is 10.4. The minimum Gasteiger partial charge on any atom is -0.375 e. The molecule has 1 aromatic rings. The molecule has 4 bridgehead atoms. The summed E-state index contributed by atoms with van der Waals surface area (Å²) in [5.74, 6) is 4.27. The van der Waals surface area contributed by atoms with Crippen LogP contribution in [0.5, 0.6) is 0 Å². The Hall–Kier alpha value is -1.42. The van der Waals surface area contributed by atoms with E-state index in [0.717, 1.165) is 29.4 Å². The molecular weight excluding hydrogens is 254 g/mol. The normalized spacial score (nSPS) is 38.3. The third kappa shape index (κ3) is 1.70. The quantitative estimate of drug-likeness (QED) is 0.503. The van der Waals surface area contributed by atoms with Gasteiger partial charge in [-0.05, 0) is 54.3 Å². The molecule has 4 saturated carbocycles. The lowest BCUT2D eigenvalue weighted by Crippen LogP contribution is -2.29. The van der Waals surface area contributed by atoms with E-state index < -0.39 is 0 Å². The second kappa shape index (κ2) is 4.04. The van der Waals surface area contributed by atoms with Crippen molar-refractivity contribution in [1.82, 2.24) is 5.43 Å². The lowest BCUT2D eigenvalue weighted by atomic mass is 9.89. The first-order chi connectivity index (χ1) is 9.25. The van der Waals surface area contributed by atoms with Gasteiger partial charge >= 0.3 is 0 Å². The zero-order chi connectivity index (χ0) is 13.0. The van der Waals surface area contributed by atoms with Crippen molar-refractivity contribution in [1.29, 1.82) is 0 Å². The minimum absolute atomic E-state index is 0.242. The van der Waals surface area contributed by atoms with E-state index in [1.165, 1.54) is 18.4 Å². The molecule has 19 heavy (non-hydrogen) atoms. The maximum absolute atomic E-state index is 5.52. The van der Waals surface area contributed by atoms with Crippen LogP contribution < -0.4 is 11.2 Å². The second-order valence-corrected chi connectivity index (χ2v) is 6.44. The van der Waals surface area contributed by atoms with Crippen molar-refractivity contribution in [2.45, 2.75) is 12.8 Å². The molecule has 4 aliphatic carbocycles. The number of thiocarbonyl (C=S) groups is 1. The fourth-order valence-corrected chi connectivity index (χ4v) is 4.58. The van der Waals surface area contributed by atoms with Gasteiger partial charge in [0, 0.05) is 5.92 Å². The monoisotopic (exact) mass is 271 g/mol. The second-order valence-electron chi connectivity index (χ2n) is 6.00. The number of nitrogens with zero attached hydrogens (tertiary/aromatic N) is 1. The Labute approximate surface area is 118 Å². The molecule has 98 valence electrons. The number of rotatable bonds is 3. The van der Waals surface area contributed by atoms with Gasteiger partial charge in [-0.2, -0.15) is 5.10 Å². The van der Waals surface area contributed by atoms with Crippen molar-refractivity contribution in [3.05, 3.63) is 35.9 Å². The van der Waals surface area contributed by atoms with Crippen LogP contribution in [0.1, 0.15) is 18.4 Å². The van der Waals surface area contributed by atoms with E-state index in [1.54, 1.807) is 0 Å². The Balaban J connectivity index is 1.69.